The molecule has 100 valence electrons. The highest BCUT2D eigenvalue weighted by molar-refractivity contribution is 5.87. The Morgan fingerprint density at radius 3 is 3.11 bits per heavy atom. The maximum absolute atomic E-state index is 12.3. The van der Waals surface area contributed by atoms with Crippen molar-refractivity contribution in [3.8, 4) is 0 Å². The predicted octanol–water partition coefficient (Wildman–Crippen LogP) is 3.23. The molecule has 1 fully saturated rings. The fourth-order valence-corrected chi connectivity index (χ4v) is 2.86. The summed E-state index contributed by atoms with van der Waals surface area (Å²) in [5.41, 5.74) is 1.86. The molecule has 3 rings (SSSR count). The number of fused-ring (bicyclic) bond motifs is 1. The van der Waals surface area contributed by atoms with Crippen molar-refractivity contribution in [2.45, 2.75) is 26.2 Å². The Labute approximate surface area is 113 Å². The van der Waals surface area contributed by atoms with E-state index in [1.54, 1.807) is 6.26 Å². The number of furan rings is 1. The van der Waals surface area contributed by atoms with Crippen LogP contribution in [0.4, 0.5) is 0 Å². The number of para-hydroxylation sites is 1. The number of piperidine rings is 1. The van der Waals surface area contributed by atoms with E-state index in [0.29, 0.717) is 12.3 Å². The van der Waals surface area contributed by atoms with Gasteiger partial charge in [0.2, 0.25) is 5.91 Å². The molecule has 0 saturated carbocycles. The fourth-order valence-electron chi connectivity index (χ4n) is 2.86. The molecule has 3 nitrogen and oxygen atoms in total. The van der Waals surface area contributed by atoms with Gasteiger partial charge in [-0.25, -0.2) is 0 Å². The van der Waals surface area contributed by atoms with E-state index in [1.807, 2.05) is 29.2 Å². The summed E-state index contributed by atoms with van der Waals surface area (Å²) in [5, 5.41) is 1.06. The minimum atomic E-state index is 0.220. The molecule has 1 aromatic carbocycles. The largest absolute Gasteiger partial charge is 0.464 e. The van der Waals surface area contributed by atoms with Crippen molar-refractivity contribution in [1.82, 2.24) is 4.90 Å². The first kappa shape index (κ1) is 12.3. The van der Waals surface area contributed by atoms with Crippen LogP contribution in [0.25, 0.3) is 11.0 Å². The van der Waals surface area contributed by atoms with Crippen molar-refractivity contribution in [1.29, 1.82) is 0 Å². The number of carbonyl (C=O) groups excluding carboxylic acids is 1. The summed E-state index contributed by atoms with van der Waals surface area (Å²) in [6.07, 6.45) is 4.52. The summed E-state index contributed by atoms with van der Waals surface area (Å²) >= 11 is 0. The molecular formula is C16H19NO2. The lowest BCUT2D eigenvalue weighted by Gasteiger charge is -2.30. The van der Waals surface area contributed by atoms with Crippen LogP contribution in [0.1, 0.15) is 25.3 Å². The number of hydrogen-bond acceptors (Lipinski definition) is 2. The summed E-state index contributed by atoms with van der Waals surface area (Å²) in [6.45, 7) is 4.01. The van der Waals surface area contributed by atoms with Gasteiger partial charge in [-0.15, -0.1) is 0 Å². The van der Waals surface area contributed by atoms with Crippen LogP contribution in [0.3, 0.4) is 0 Å². The first-order chi connectivity index (χ1) is 9.24. The van der Waals surface area contributed by atoms with Crippen LogP contribution in [0, 0.1) is 5.92 Å². The van der Waals surface area contributed by atoms with Gasteiger partial charge in [0.05, 0.1) is 12.7 Å². The van der Waals surface area contributed by atoms with Crippen LogP contribution >= 0.6 is 0 Å². The molecule has 1 aliphatic rings. The van der Waals surface area contributed by atoms with Gasteiger partial charge in [-0.1, -0.05) is 25.1 Å². The molecule has 0 aliphatic carbocycles. The lowest BCUT2D eigenvalue weighted by atomic mass is 9.99. The quantitative estimate of drug-likeness (QED) is 0.827. The van der Waals surface area contributed by atoms with Crippen molar-refractivity contribution in [3.05, 3.63) is 36.1 Å². The highest BCUT2D eigenvalue weighted by Gasteiger charge is 2.21. The molecule has 3 heteroatoms. The Morgan fingerprint density at radius 1 is 1.42 bits per heavy atom. The standard InChI is InChI=1S/C16H19NO2/c1-12-5-4-8-17(10-12)16(18)9-13-11-19-15-7-3-2-6-14(13)15/h2-3,6-7,11-12H,4-5,8-10H2,1H3. The third-order valence-electron chi connectivity index (χ3n) is 3.91. The van der Waals surface area contributed by atoms with Gasteiger partial charge in [-0.05, 0) is 24.8 Å². The number of nitrogens with zero attached hydrogens (tertiary/aromatic N) is 1. The third kappa shape index (κ3) is 2.50. The number of amides is 1. The lowest BCUT2D eigenvalue weighted by molar-refractivity contribution is -0.132. The van der Waals surface area contributed by atoms with Crippen LogP contribution in [0.2, 0.25) is 0 Å². The third-order valence-corrected chi connectivity index (χ3v) is 3.91. The van der Waals surface area contributed by atoms with Crippen molar-refractivity contribution < 1.29 is 9.21 Å². The molecule has 1 aromatic heterocycles. The first-order valence-corrected chi connectivity index (χ1v) is 6.97. The van der Waals surface area contributed by atoms with Crippen LogP contribution < -0.4 is 0 Å². The molecule has 1 unspecified atom stereocenters. The number of hydrogen-bond donors (Lipinski definition) is 0. The molecule has 19 heavy (non-hydrogen) atoms. The van der Waals surface area contributed by atoms with Gasteiger partial charge in [0, 0.05) is 24.0 Å². The molecule has 0 spiro atoms. The SMILES string of the molecule is CC1CCCN(C(=O)Cc2coc3ccccc23)C1. The number of carbonyl (C=O) groups is 1. The second-order valence-electron chi connectivity index (χ2n) is 5.52. The summed E-state index contributed by atoms with van der Waals surface area (Å²) in [7, 11) is 0. The molecule has 2 heterocycles. The highest BCUT2D eigenvalue weighted by Crippen LogP contribution is 2.22. The van der Waals surface area contributed by atoms with E-state index in [2.05, 4.69) is 6.92 Å². The Morgan fingerprint density at radius 2 is 2.26 bits per heavy atom. The molecule has 0 bridgehead atoms. The Kier molecular flexibility index (Phi) is 3.28. The van der Waals surface area contributed by atoms with Gasteiger partial charge in [-0.2, -0.15) is 0 Å². The number of benzene rings is 1. The molecular weight excluding hydrogens is 238 g/mol. The topological polar surface area (TPSA) is 33.5 Å². The lowest BCUT2D eigenvalue weighted by Crippen LogP contribution is -2.39. The fraction of sp³-hybridized carbons (Fsp3) is 0.438. The second-order valence-corrected chi connectivity index (χ2v) is 5.52. The molecule has 1 atom stereocenters. The van der Waals surface area contributed by atoms with Crippen LogP contribution in [-0.4, -0.2) is 23.9 Å². The van der Waals surface area contributed by atoms with Crippen molar-refractivity contribution in [2.24, 2.45) is 5.92 Å². The van der Waals surface area contributed by atoms with Gasteiger partial charge in [0.1, 0.15) is 5.58 Å². The second kappa shape index (κ2) is 5.08. The summed E-state index contributed by atoms with van der Waals surface area (Å²) in [6, 6.07) is 7.88. The number of rotatable bonds is 2. The van der Waals surface area contributed by atoms with Gasteiger partial charge in [0.25, 0.3) is 0 Å². The van der Waals surface area contributed by atoms with Crippen LogP contribution in [-0.2, 0) is 11.2 Å². The smallest absolute Gasteiger partial charge is 0.227 e. The van der Waals surface area contributed by atoms with E-state index in [4.69, 9.17) is 4.42 Å². The zero-order chi connectivity index (χ0) is 13.2. The summed E-state index contributed by atoms with van der Waals surface area (Å²) in [4.78, 5) is 14.3. The van der Waals surface area contributed by atoms with Gasteiger partial charge in [0.15, 0.2) is 0 Å². The van der Waals surface area contributed by atoms with E-state index in [-0.39, 0.29) is 5.91 Å². The minimum Gasteiger partial charge on any atom is -0.464 e. The number of likely N-dealkylation sites (tertiary alicyclic amines) is 1. The zero-order valence-electron chi connectivity index (χ0n) is 11.3. The minimum absolute atomic E-state index is 0.220. The van der Waals surface area contributed by atoms with E-state index in [0.717, 1.165) is 36.0 Å². The monoisotopic (exact) mass is 257 g/mol. The first-order valence-electron chi connectivity index (χ1n) is 6.97. The summed E-state index contributed by atoms with van der Waals surface area (Å²) < 4.78 is 5.49. The molecule has 1 amide bonds. The maximum Gasteiger partial charge on any atom is 0.227 e. The zero-order valence-corrected chi connectivity index (χ0v) is 11.3. The average molecular weight is 257 g/mol. The van der Waals surface area contributed by atoms with E-state index >= 15 is 0 Å². The van der Waals surface area contributed by atoms with E-state index < -0.39 is 0 Å². The Bertz CT molecular complexity index is 587. The van der Waals surface area contributed by atoms with Crippen molar-refractivity contribution in [3.63, 3.8) is 0 Å². The highest BCUT2D eigenvalue weighted by atomic mass is 16.3. The van der Waals surface area contributed by atoms with Gasteiger partial charge >= 0.3 is 0 Å². The maximum atomic E-state index is 12.3. The van der Waals surface area contributed by atoms with Crippen molar-refractivity contribution >= 4 is 16.9 Å². The van der Waals surface area contributed by atoms with E-state index in [9.17, 15) is 4.79 Å². The molecule has 1 aliphatic heterocycles. The van der Waals surface area contributed by atoms with Gasteiger partial charge < -0.3 is 9.32 Å². The molecule has 0 radical (unpaired) electrons. The summed E-state index contributed by atoms with van der Waals surface area (Å²) in [5.74, 6) is 0.844. The molecule has 2 aromatic rings. The Balaban J connectivity index is 1.75. The van der Waals surface area contributed by atoms with Crippen molar-refractivity contribution in [2.75, 3.05) is 13.1 Å². The predicted molar refractivity (Wildman–Crippen MR) is 74.9 cm³/mol. The van der Waals surface area contributed by atoms with E-state index in [1.165, 1.54) is 6.42 Å². The average Bonchev–Trinajstić information content (AvgIpc) is 2.82. The normalized spacial score (nSPS) is 19.8. The van der Waals surface area contributed by atoms with Gasteiger partial charge in [-0.3, -0.25) is 4.79 Å². The molecule has 1 saturated heterocycles. The Hall–Kier alpha value is -1.77. The van der Waals surface area contributed by atoms with Crippen LogP contribution in [0.5, 0.6) is 0 Å². The molecule has 0 N–H and O–H groups in total. The van der Waals surface area contributed by atoms with Crippen LogP contribution in [0.15, 0.2) is 34.9 Å².